The van der Waals surface area contributed by atoms with Gasteiger partial charge in [-0.25, -0.2) is 4.39 Å². The highest BCUT2D eigenvalue weighted by Crippen LogP contribution is 2.19. The van der Waals surface area contributed by atoms with Crippen molar-refractivity contribution in [3.63, 3.8) is 0 Å². The number of rotatable bonds is 7. The molecule has 0 saturated carbocycles. The lowest BCUT2D eigenvalue weighted by Gasteiger charge is -2.12. The van der Waals surface area contributed by atoms with Crippen LogP contribution in [-0.2, 0) is 9.53 Å². The molecule has 1 aromatic rings. The molecule has 0 aliphatic rings. The highest BCUT2D eigenvalue weighted by atomic mass is 19.1. The van der Waals surface area contributed by atoms with E-state index < -0.39 is 5.82 Å². The molecule has 0 heterocycles. The molecule has 19 heavy (non-hydrogen) atoms. The lowest BCUT2D eigenvalue weighted by molar-refractivity contribution is -0.117. The summed E-state index contributed by atoms with van der Waals surface area (Å²) in [5.41, 5.74) is 6.24. The first-order chi connectivity index (χ1) is 9.02. The highest BCUT2D eigenvalue weighted by molar-refractivity contribution is 5.93. The summed E-state index contributed by atoms with van der Waals surface area (Å²) in [5.74, 6) is -0.616. The van der Waals surface area contributed by atoms with Crippen molar-refractivity contribution in [3.8, 4) is 0 Å². The van der Waals surface area contributed by atoms with Crippen LogP contribution in [0.3, 0.4) is 0 Å². The molecule has 5 heteroatoms. The summed E-state index contributed by atoms with van der Waals surface area (Å²) in [6.45, 7) is 4.44. The number of benzene rings is 1. The van der Waals surface area contributed by atoms with Crippen molar-refractivity contribution in [1.29, 1.82) is 0 Å². The maximum Gasteiger partial charge on any atom is 0.226 e. The number of nitrogens with one attached hydrogen (secondary N) is 1. The van der Waals surface area contributed by atoms with Crippen molar-refractivity contribution in [2.24, 2.45) is 0 Å². The average Bonchev–Trinajstić information content (AvgIpc) is 2.33. The summed E-state index contributed by atoms with van der Waals surface area (Å²) in [6.07, 6.45) is 2.45. The summed E-state index contributed by atoms with van der Waals surface area (Å²) in [6, 6.07) is 3.88. The van der Waals surface area contributed by atoms with Gasteiger partial charge in [-0.15, -0.1) is 0 Å². The first-order valence-electron chi connectivity index (χ1n) is 6.49. The Hall–Kier alpha value is -1.62. The fraction of sp³-hybridized carbons (Fsp3) is 0.500. The average molecular weight is 268 g/mol. The standard InChI is InChI=1S/C14H21FN2O2/c1-3-4-10(2)19-8-7-14(18)17-13-6-5-11(15)9-12(13)16/h5-6,9-10H,3-4,7-8,16H2,1-2H3,(H,17,18). The Balaban J connectivity index is 2.35. The van der Waals surface area contributed by atoms with Crippen LogP contribution in [0.2, 0.25) is 0 Å². The summed E-state index contributed by atoms with van der Waals surface area (Å²) >= 11 is 0. The molecule has 1 rings (SSSR count). The zero-order chi connectivity index (χ0) is 14.3. The number of nitrogen functional groups attached to an aromatic ring is 1. The van der Waals surface area contributed by atoms with Gasteiger partial charge in [-0.1, -0.05) is 13.3 Å². The Kier molecular flexibility index (Phi) is 6.29. The van der Waals surface area contributed by atoms with E-state index in [9.17, 15) is 9.18 Å². The van der Waals surface area contributed by atoms with E-state index in [1.54, 1.807) is 0 Å². The molecule has 1 amide bonds. The van der Waals surface area contributed by atoms with E-state index in [0.717, 1.165) is 12.8 Å². The normalized spacial score (nSPS) is 12.2. The smallest absolute Gasteiger partial charge is 0.226 e. The van der Waals surface area contributed by atoms with Crippen molar-refractivity contribution in [2.45, 2.75) is 39.2 Å². The van der Waals surface area contributed by atoms with Crippen LogP contribution in [0, 0.1) is 5.82 Å². The number of carbonyl (C=O) groups is 1. The number of hydrogen-bond donors (Lipinski definition) is 2. The molecule has 0 aromatic heterocycles. The number of ether oxygens (including phenoxy) is 1. The van der Waals surface area contributed by atoms with Crippen LogP contribution >= 0.6 is 0 Å². The van der Waals surface area contributed by atoms with E-state index in [1.165, 1.54) is 18.2 Å². The Morgan fingerprint density at radius 2 is 2.26 bits per heavy atom. The van der Waals surface area contributed by atoms with Crippen LogP contribution in [0.5, 0.6) is 0 Å². The minimum atomic E-state index is -0.424. The van der Waals surface area contributed by atoms with E-state index >= 15 is 0 Å². The molecule has 0 radical (unpaired) electrons. The number of hydrogen-bond acceptors (Lipinski definition) is 3. The first-order valence-corrected chi connectivity index (χ1v) is 6.49. The molecule has 1 aromatic carbocycles. The fourth-order valence-electron chi connectivity index (χ4n) is 1.70. The van der Waals surface area contributed by atoms with Gasteiger partial charge in [0.25, 0.3) is 0 Å². The lowest BCUT2D eigenvalue weighted by Crippen LogP contribution is -2.17. The van der Waals surface area contributed by atoms with Gasteiger partial charge >= 0.3 is 0 Å². The van der Waals surface area contributed by atoms with Gasteiger partial charge < -0.3 is 15.8 Å². The largest absolute Gasteiger partial charge is 0.397 e. The summed E-state index contributed by atoms with van der Waals surface area (Å²) < 4.78 is 18.3. The van der Waals surface area contributed by atoms with E-state index in [1.807, 2.05) is 6.92 Å². The van der Waals surface area contributed by atoms with E-state index in [2.05, 4.69) is 12.2 Å². The molecule has 0 aliphatic carbocycles. The van der Waals surface area contributed by atoms with Crippen LogP contribution in [-0.4, -0.2) is 18.6 Å². The number of anilines is 2. The summed E-state index contributed by atoms with van der Waals surface area (Å²) in [4.78, 5) is 11.6. The minimum absolute atomic E-state index is 0.161. The molecule has 4 nitrogen and oxygen atoms in total. The van der Waals surface area contributed by atoms with Gasteiger partial charge in [-0.3, -0.25) is 4.79 Å². The third kappa shape index (κ3) is 5.70. The molecular formula is C14H21FN2O2. The SMILES string of the molecule is CCCC(C)OCCC(=O)Nc1ccc(F)cc1N. The third-order valence-electron chi connectivity index (χ3n) is 2.71. The number of carbonyl (C=O) groups excluding carboxylic acids is 1. The monoisotopic (exact) mass is 268 g/mol. The molecular weight excluding hydrogens is 247 g/mol. The van der Waals surface area contributed by atoms with Gasteiger partial charge in [0.05, 0.1) is 30.5 Å². The van der Waals surface area contributed by atoms with Crippen LogP contribution in [0.4, 0.5) is 15.8 Å². The Morgan fingerprint density at radius 3 is 2.89 bits per heavy atom. The topological polar surface area (TPSA) is 64.3 Å². The maximum absolute atomic E-state index is 12.8. The van der Waals surface area contributed by atoms with Gasteiger partial charge in [0, 0.05) is 0 Å². The zero-order valence-corrected chi connectivity index (χ0v) is 11.4. The van der Waals surface area contributed by atoms with Crippen LogP contribution in [0.15, 0.2) is 18.2 Å². The Bertz CT molecular complexity index is 424. The Morgan fingerprint density at radius 1 is 1.53 bits per heavy atom. The lowest BCUT2D eigenvalue weighted by atomic mass is 10.2. The van der Waals surface area contributed by atoms with Crippen molar-refractivity contribution < 1.29 is 13.9 Å². The van der Waals surface area contributed by atoms with Gasteiger partial charge in [0.15, 0.2) is 0 Å². The minimum Gasteiger partial charge on any atom is -0.397 e. The number of halogens is 1. The van der Waals surface area contributed by atoms with E-state index in [0.29, 0.717) is 12.3 Å². The molecule has 0 saturated heterocycles. The predicted molar refractivity (Wildman–Crippen MR) is 74.4 cm³/mol. The molecule has 0 bridgehead atoms. The van der Waals surface area contributed by atoms with Gasteiger partial charge in [0.2, 0.25) is 5.91 Å². The number of nitrogens with two attached hydrogens (primary N) is 1. The quantitative estimate of drug-likeness (QED) is 0.747. The van der Waals surface area contributed by atoms with Crippen molar-refractivity contribution in [1.82, 2.24) is 0 Å². The van der Waals surface area contributed by atoms with Crippen LogP contribution in [0.1, 0.15) is 33.1 Å². The van der Waals surface area contributed by atoms with E-state index in [4.69, 9.17) is 10.5 Å². The Labute approximate surface area is 113 Å². The molecule has 0 aliphatic heterocycles. The molecule has 0 fully saturated rings. The highest BCUT2D eigenvalue weighted by Gasteiger charge is 2.07. The summed E-state index contributed by atoms with van der Waals surface area (Å²) in [5, 5.41) is 2.63. The fourth-order valence-corrected chi connectivity index (χ4v) is 1.70. The van der Waals surface area contributed by atoms with Crippen LogP contribution < -0.4 is 11.1 Å². The first kappa shape index (κ1) is 15.4. The van der Waals surface area contributed by atoms with Crippen LogP contribution in [0.25, 0.3) is 0 Å². The summed E-state index contributed by atoms with van der Waals surface area (Å²) in [7, 11) is 0. The molecule has 1 atom stereocenters. The zero-order valence-electron chi connectivity index (χ0n) is 11.4. The molecule has 3 N–H and O–H groups in total. The number of amides is 1. The van der Waals surface area contributed by atoms with Gasteiger partial charge in [0.1, 0.15) is 5.82 Å². The molecule has 1 unspecified atom stereocenters. The van der Waals surface area contributed by atoms with Gasteiger partial charge in [-0.05, 0) is 31.5 Å². The maximum atomic E-state index is 12.8. The van der Waals surface area contributed by atoms with Gasteiger partial charge in [-0.2, -0.15) is 0 Å². The third-order valence-corrected chi connectivity index (χ3v) is 2.71. The second kappa shape index (κ2) is 7.74. The second-order valence-electron chi connectivity index (χ2n) is 4.50. The van der Waals surface area contributed by atoms with E-state index in [-0.39, 0.29) is 24.1 Å². The van der Waals surface area contributed by atoms with Crippen molar-refractivity contribution in [3.05, 3.63) is 24.0 Å². The second-order valence-corrected chi connectivity index (χ2v) is 4.50. The predicted octanol–water partition coefficient (Wildman–Crippen LogP) is 2.94. The molecule has 106 valence electrons. The van der Waals surface area contributed by atoms with Crippen molar-refractivity contribution in [2.75, 3.05) is 17.7 Å². The van der Waals surface area contributed by atoms with Crippen molar-refractivity contribution >= 4 is 17.3 Å². The molecule has 0 spiro atoms.